The molecule has 1 atom stereocenters. The van der Waals surface area contributed by atoms with E-state index in [1.165, 1.54) is 18.6 Å². The van der Waals surface area contributed by atoms with Crippen molar-refractivity contribution in [3.8, 4) is 5.75 Å². The largest absolute Gasteiger partial charge is 1.00 e. The Morgan fingerprint density at radius 1 is 0.950 bits per heavy atom. The topological polar surface area (TPSA) is 180 Å². The van der Waals surface area contributed by atoms with E-state index in [0.717, 1.165) is 25.7 Å². The molecule has 1 unspecified atom stereocenters. The summed E-state index contributed by atoms with van der Waals surface area (Å²) in [5.74, 6) is -3.77. The maximum Gasteiger partial charge on any atom is 1.00 e. The van der Waals surface area contributed by atoms with Crippen molar-refractivity contribution in [2.24, 2.45) is 23.7 Å². The van der Waals surface area contributed by atoms with Crippen molar-refractivity contribution in [2.75, 3.05) is 6.61 Å². The smallest absolute Gasteiger partial charge is 0.780 e. The van der Waals surface area contributed by atoms with Crippen LogP contribution < -0.4 is 143 Å². The Labute approximate surface area is 320 Å². The third kappa shape index (κ3) is 8.79. The van der Waals surface area contributed by atoms with E-state index in [4.69, 9.17) is 14.5 Å². The predicted molar refractivity (Wildman–Crippen MR) is 109 cm³/mol. The SMILES string of the molecule is CC1(OCCC(F)(C(=O)[O-])C(=O)[O-])OOC12C1CC3CC(C1)CC2C3.O=P([O-])([O-])Oc1ccccc1.[Na+].[Na+].[Na+].[Na+]. The Bertz CT molecular complexity index is 1000. The van der Waals surface area contributed by atoms with Gasteiger partial charge in [-0.1, -0.05) is 18.2 Å². The molecule has 1 aromatic carbocycles. The molecule has 6 rings (SSSR count). The van der Waals surface area contributed by atoms with Crippen LogP contribution in [0.4, 0.5) is 4.39 Å². The number of alkyl halides is 1. The van der Waals surface area contributed by atoms with Crippen LogP contribution in [0.1, 0.15) is 45.4 Å². The molecule has 200 valence electrons. The molecular formula is C23H26FNa4O11P. The van der Waals surface area contributed by atoms with Crippen LogP contribution in [0.15, 0.2) is 30.3 Å². The summed E-state index contributed by atoms with van der Waals surface area (Å²) in [5.41, 5.74) is -4.19. The number of carbonyl (C=O) groups excluding carboxylic acids is 2. The number of para-hydroxylation sites is 1. The van der Waals surface area contributed by atoms with Gasteiger partial charge in [0.25, 0.3) is 0 Å². The third-order valence-corrected chi connectivity index (χ3v) is 8.27. The molecule has 1 aliphatic heterocycles. The predicted octanol–water partition coefficient (Wildman–Crippen LogP) is -12.6. The molecule has 40 heavy (non-hydrogen) atoms. The van der Waals surface area contributed by atoms with E-state index in [0.29, 0.717) is 23.7 Å². The summed E-state index contributed by atoms with van der Waals surface area (Å²) >= 11 is 0. The molecule has 4 aliphatic carbocycles. The van der Waals surface area contributed by atoms with Gasteiger partial charge in [0.15, 0.2) is 11.3 Å². The van der Waals surface area contributed by atoms with Gasteiger partial charge in [-0.3, -0.25) is 0 Å². The van der Waals surface area contributed by atoms with Gasteiger partial charge in [-0.05, 0) is 74.8 Å². The van der Waals surface area contributed by atoms with Crippen molar-refractivity contribution in [1.82, 2.24) is 0 Å². The molecule has 1 spiro atoms. The molecule has 0 amide bonds. The molecular weight excluding hydrogens is 594 g/mol. The van der Waals surface area contributed by atoms with E-state index in [1.54, 1.807) is 25.1 Å². The van der Waals surface area contributed by atoms with Gasteiger partial charge in [0.2, 0.25) is 5.79 Å². The number of carboxylic acid groups (broad SMARTS) is 2. The minimum Gasteiger partial charge on any atom is -0.780 e. The Morgan fingerprint density at radius 2 is 1.43 bits per heavy atom. The number of hydrogen-bond donors (Lipinski definition) is 0. The van der Waals surface area contributed by atoms with Crippen LogP contribution in [-0.2, 0) is 28.7 Å². The molecule has 5 aliphatic rings. The molecule has 1 heterocycles. The van der Waals surface area contributed by atoms with Gasteiger partial charge < -0.3 is 43.4 Å². The summed E-state index contributed by atoms with van der Waals surface area (Å²) in [5, 5.41) is 21.6. The van der Waals surface area contributed by atoms with Gasteiger partial charge in [0.05, 0.1) is 18.5 Å². The third-order valence-electron chi connectivity index (χ3n) is 7.83. The Hall–Kier alpha value is 1.92. The van der Waals surface area contributed by atoms with Gasteiger partial charge in [-0.15, -0.1) is 0 Å². The summed E-state index contributed by atoms with van der Waals surface area (Å²) in [7, 11) is -4.89. The molecule has 5 fully saturated rings. The molecule has 4 bridgehead atoms. The summed E-state index contributed by atoms with van der Waals surface area (Å²) in [4.78, 5) is 52.5. The fraction of sp³-hybridized carbons (Fsp3) is 0.652. The number of rotatable bonds is 8. The van der Waals surface area contributed by atoms with Gasteiger partial charge >= 0.3 is 118 Å². The van der Waals surface area contributed by atoms with Crippen molar-refractivity contribution < 1.29 is 176 Å². The fourth-order valence-electron chi connectivity index (χ4n) is 6.44. The number of ether oxygens (including phenoxy) is 1. The first kappa shape index (κ1) is 41.9. The number of phosphoric acid groups is 1. The van der Waals surface area contributed by atoms with Crippen molar-refractivity contribution in [3.05, 3.63) is 30.3 Å². The zero-order valence-corrected chi connectivity index (χ0v) is 32.4. The number of aliphatic carboxylic acids is 2. The summed E-state index contributed by atoms with van der Waals surface area (Å²) < 4.78 is 33.7. The van der Waals surface area contributed by atoms with Crippen molar-refractivity contribution in [3.63, 3.8) is 0 Å². The standard InChI is InChI=1S/C17H23FO7.C6H7O4P.4Na/c1-15(23-3-2-16(18,13(19)20)14(21)22)17(25-24-15)11-5-9-4-10(7-11)8-12(17)6-9;7-11(8,9)10-6-4-2-1-3-5-6;;;;/h9-12H,2-8H2,1H3,(H,19,20)(H,21,22);1-5H,(H2,7,8,9);;;;/q;;4*+1/p-4. The molecule has 0 radical (unpaired) electrons. The number of halogens is 1. The van der Waals surface area contributed by atoms with Crippen molar-refractivity contribution in [1.29, 1.82) is 0 Å². The normalized spacial score (nSPS) is 31.0. The Morgan fingerprint density at radius 3 is 1.80 bits per heavy atom. The van der Waals surface area contributed by atoms with Gasteiger partial charge in [0, 0.05) is 6.42 Å². The second-order valence-corrected chi connectivity index (χ2v) is 11.1. The van der Waals surface area contributed by atoms with Crippen LogP contribution in [-0.4, -0.2) is 35.6 Å². The van der Waals surface area contributed by atoms with Gasteiger partial charge in [-0.25, -0.2) is 9.28 Å². The summed E-state index contributed by atoms with van der Waals surface area (Å²) in [6.07, 6.45) is 4.53. The van der Waals surface area contributed by atoms with Crippen LogP contribution in [0.3, 0.4) is 0 Å². The number of phosphoric ester groups is 1. The first-order chi connectivity index (χ1) is 16.8. The van der Waals surface area contributed by atoms with E-state index in [-0.39, 0.29) is 124 Å². The van der Waals surface area contributed by atoms with Crippen LogP contribution in [0.2, 0.25) is 0 Å². The van der Waals surface area contributed by atoms with Gasteiger partial charge in [-0.2, -0.15) is 4.89 Å². The van der Waals surface area contributed by atoms with Crippen LogP contribution in [0, 0.1) is 23.7 Å². The molecule has 11 nitrogen and oxygen atoms in total. The maximum absolute atomic E-state index is 14.0. The first-order valence-electron chi connectivity index (χ1n) is 11.7. The van der Waals surface area contributed by atoms with E-state index in [9.17, 15) is 38.5 Å². The second-order valence-electron chi connectivity index (χ2n) is 10.0. The first-order valence-corrected chi connectivity index (χ1v) is 13.1. The van der Waals surface area contributed by atoms with Crippen molar-refractivity contribution >= 4 is 19.8 Å². The Kier molecular flexibility index (Phi) is 17.3. The Balaban J connectivity index is 0.000000876. The molecule has 1 saturated heterocycles. The van der Waals surface area contributed by atoms with Crippen LogP contribution in [0.5, 0.6) is 5.75 Å². The fourth-order valence-corrected chi connectivity index (χ4v) is 6.82. The molecule has 0 aromatic heterocycles. The number of carboxylic acids is 2. The quantitative estimate of drug-likeness (QED) is 0.117. The number of benzene rings is 1. The average molecular weight is 620 g/mol. The van der Waals surface area contributed by atoms with E-state index in [2.05, 4.69) is 4.52 Å². The minimum atomic E-state index is -4.89. The average Bonchev–Trinajstić information content (AvgIpc) is 2.77. The van der Waals surface area contributed by atoms with Crippen LogP contribution in [0.25, 0.3) is 0 Å². The van der Waals surface area contributed by atoms with E-state index < -0.39 is 49.8 Å². The van der Waals surface area contributed by atoms with E-state index in [1.807, 2.05) is 0 Å². The zero-order chi connectivity index (χ0) is 26.4. The molecule has 1 aromatic rings. The second kappa shape index (κ2) is 16.5. The molecule has 4 saturated carbocycles. The number of carbonyl (C=O) groups is 2. The minimum absolute atomic E-state index is 0. The van der Waals surface area contributed by atoms with Crippen molar-refractivity contribution in [2.45, 2.75) is 62.5 Å². The zero-order valence-electron chi connectivity index (χ0n) is 23.5. The summed E-state index contributed by atoms with van der Waals surface area (Å²) in [6, 6.07) is 7.62. The van der Waals surface area contributed by atoms with Gasteiger partial charge in [0.1, 0.15) is 13.6 Å². The maximum atomic E-state index is 14.0. The van der Waals surface area contributed by atoms with E-state index >= 15 is 0 Å². The monoisotopic (exact) mass is 620 g/mol. The van der Waals surface area contributed by atoms with Crippen LogP contribution >= 0.6 is 7.82 Å². The number of hydrogen-bond acceptors (Lipinski definition) is 11. The molecule has 0 N–H and O–H groups in total. The molecule has 17 heteroatoms. The summed E-state index contributed by atoms with van der Waals surface area (Å²) in [6.45, 7) is 1.25.